The first kappa shape index (κ1) is 20.1. The van der Waals surface area contributed by atoms with E-state index in [2.05, 4.69) is 48.5 Å². The van der Waals surface area contributed by atoms with E-state index < -0.39 is 0 Å². The molecule has 0 saturated heterocycles. The number of ether oxygens (including phenoxy) is 1. The van der Waals surface area contributed by atoms with Gasteiger partial charge in [0.2, 0.25) is 0 Å². The van der Waals surface area contributed by atoms with Gasteiger partial charge in [0.1, 0.15) is 5.78 Å². The van der Waals surface area contributed by atoms with E-state index in [1.807, 2.05) is 6.07 Å². The van der Waals surface area contributed by atoms with Crippen LogP contribution in [0.1, 0.15) is 61.3 Å². The second-order valence-electron chi connectivity index (χ2n) is 7.30. The van der Waals surface area contributed by atoms with Crippen molar-refractivity contribution in [3.05, 3.63) is 70.8 Å². The lowest BCUT2D eigenvalue weighted by Gasteiger charge is -2.18. The first-order chi connectivity index (χ1) is 13.7. The Morgan fingerprint density at radius 1 is 0.964 bits per heavy atom. The number of carbonyl (C=O) groups is 2. The zero-order chi connectivity index (χ0) is 19.8. The molecule has 146 valence electrons. The maximum atomic E-state index is 12.3. The van der Waals surface area contributed by atoms with E-state index in [9.17, 15) is 9.59 Å². The van der Waals surface area contributed by atoms with E-state index in [-0.39, 0.29) is 11.8 Å². The van der Waals surface area contributed by atoms with Crippen molar-refractivity contribution in [2.45, 2.75) is 51.9 Å². The molecule has 0 amide bonds. The van der Waals surface area contributed by atoms with Gasteiger partial charge in [0.25, 0.3) is 0 Å². The summed E-state index contributed by atoms with van der Waals surface area (Å²) in [6.07, 6.45) is 7.17. The number of aryl methyl sites for hydroxylation is 1. The molecule has 1 aliphatic carbocycles. The van der Waals surface area contributed by atoms with E-state index >= 15 is 0 Å². The first-order valence-corrected chi connectivity index (χ1v) is 10.2. The predicted molar refractivity (Wildman–Crippen MR) is 113 cm³/mol. The molecule has 28 heavy (non-hydrogen) atoms. The minimum Gasteiger partial charge on any atom is -0.466 e. The van der Waals surface area contributed by atoms with Gasteiger partial charge < -0.3 is 4.74 Å². The summed E-state index contributed by atoms with van der Waals surface area (Å²) in [6, 6.07) is 16.9. The molecule has 0 fully saturated rings. The second-order valence-corrected chi connectivity index (χ2v) is 7.30. The van der Waals surface area contributed by atoms with Crippen molar-refractivity contribution >= 4 is 23.4 Å². The van der Waals surface area contributed by atoms with Gasteiger partial charge in [-0.1, -0.05) is 54.6 Å². The largest absolute Gasteiger partial charge is 0.466 e. The molecule has 0 spiro atoms. The molecule has 0 atom stereocenters. The first-order valence-electron chi connectivity index (χ1n) is 10.2. The lowest BCUT2D eigenvalue weighted by Crippen LogP contribution is -2.06. The number of allylic oxidation sites excluding steroid dienone is 1. The molecule has 3 nitrogen and oxygen atoms in total. The summed E-state index contributed by atoms with van der Waals surface area (Å²) in [5.41, 5.74) is 6.29. The van der Waals surface area contributed by atoms with Gasteiger partial charge in [-0.2, -0.15) is 0 Å². The average molecular weight is 376 g/mol. The Bertz CT molecular complexity index is 849. The molecule has 0 saturated carbocycles. The van der Waals surface area contributed by atoms with Crippen molar-refractivity contribution in [2.75, 3.05) is 6.61 Å². The number of esters is 1. The molecule has 2 aromatic carbocycles. The zero-order valence-corrected chi connectivity index (χ0v) is 16.6. The zero-order valence-electron chi connectivity index (χ0n) is 16.6. The summed E-state index contributed by atoms with van der Waals surface area (Å²) < 4.78 is 4.91. The molecule has 3 heteroatoms. The van der Waals surface area contributed by atoms with Crippen LogP contribution < -0.4 is 0 Å². The number of hydrogen-bond donors (Lipinski definition) is 0. The minimum absolute atomic E-state index is 0.175. The molecule has 0 aliphatic heterocycles. The van der Waals surface area contributed by atoms with Crippen molar-refractivity contribution in [3.8, 4) is 0 Å². The number of fused-ring (bicyclic) bond motifs is 1. The van der Waals surface area contributed by atoms with Gasteiger partial charge in [0, 0.05) is 19.3 Å². The fourth-order valence-electron chi connectivity index (χ4n) is 3.67. The number of unbranched alkanes of at least 4 members (excludes halogenated alkanes) is 1. The Morgan fingerprint density at radius 3 is 2.54 bits per heavy atom. The SMILES string of the molecule is CCOC(=O)CCCCC(=O)Cc1ccc2c(c1)C=C(c1ccccc1)CC2. The highest BCUT2D eigenvalue weighted by Crippen LogP contribution is 2.31. The Morgan fingerprint density at radius 2 is 1.75 bits per heavy atom. The van der Waals surface area contributed by atoms with E-state index in [0.717, 1.165) is 24.8 Å². The number of carbonyl (C=O) groups excluding carboxylic acids is 2. The maximum absolute atomic E-state index is 12.3. The summed E-state index contributed by atoms with van der Waals surface area (Å²) in [5, 5.41) is 0. The van der Waals surface area contributed by atoms with E-state index in [4.69, 9.17) is 4.74 Å². The van der Waals surface area contributed by atoms with Crippen molar-refractivity contribution in [1.29, 1.82) is 0 Å². The Hall–Kier alpha value is -2.68. The summed E-state index contributed by atoms with van der Waals surface area (Å²) in [4.78, 5) is 23.6. The molecule has 1 aliphatic rings. The van der Waals surface area contributed by atoms with Crippen LogP contribution in [-0.2, 0) is 27.2 Å². The molecule has 0 bridgehead atoms. The monoisotopic (exact) mass is 376 g/mol. The van der Waals surface area contributed by atoms with Gasteiger partial charge in [-0.15, -0.1) is 0 Å². The molecular formula is C25H28O3. The Balaban J connectivity index is 1.56. The molecule has 0 radical (unpaired) electrons. The topological polar surface area (TPSA) is 43.4 Å². The van der Waals surface area contributed by atoms with E-state index in [1.165, 1.54) is 22.3 Å². The molecular weight excluding hydrogens is 348 g/mol. The van der Waals surface area contributed by atoms with E-state index in [1.54, 1.807) is 6.92 Å². The Kier molecular flexibility index (Phi) is 7.18. The fraction of sp³-hybridized carbons (Fsp3) is 0.360. The van der Waals surface area contributed by atoms with Crippen molar-refractivity contribution in [2.24, 2.45) is 0 Å². The van der Waals surface area contributed by atoms with Crippen LogP contribution in [0.15, 0.2) is 48.5 Å². The standard InChI is InChI=1S/C25H28O3/c1-2-28-25(27)11-7-6-10-24(26)17-19-12-13-21-14-15-22(18-23(21)16-19)20-8-4-3-5-9-20/h3-5,8-9,12-13,16,18H,2,6-7,10-11,14-15,17H2,1H3. The lowest BCUT2D eigenvalue weighted by atomic mass is 9.87. The summed E-state index contributed by atoms with van der Waals surface area (Å²) in [5.74, 6) is 0.0533. The van der Waals surface area contributed by atoms with Crippen LogP contribution in [-0.4, -0.2) is 18.4 Å². The molecule has 3 rings (SSSR count). The van der Waals surface area contributed by atoms with Gasteiger partial charge >= 0.3 is 5.97 Å². The number of rotatable bonds is 9. The van der Waals surface area contributed by atoms with Gasteiger partial charge in [0.05, 0.1) is 6.61 Å². The predicted octanol–water partition coefficient (Wildman–Crippen LogP) is 5.41. The maximum Gasteiger partial charge on any atom is 0.305 e. The highest BCUT2D eigenvalue weighted by Gasteiger charge is 2.13. The third kappa shape index (κ3) is 5.66. The van der Waals surface area contributed by atoms with Crippen molar-refractivity contribution < 1.29 is 14.3 Å². The summed E-state index contributed by atoms with van der Waals surface area (Å²) in [7, 11) is 0. The minimum atomic E-state index is -0.175. The lowest BCUT2D eigenvalue weighted by molar-refractivity contribution is -0.143. The Labute approximate surface area is 167 Å². The van der Waals surface area contributed by atoms with Crippen LogP contribution in [0, 0.1) is 0 Å². The number of ketones is 1. The van der Waals surface area contributed by atoms with Crippen molar-refractivity contribution in [3.63, 3.8) is 0 Å². The average Bonchev–Trinajstić information content (AvgIpc) is 2.71. The molecule has 0 aromatic heterocycles. The van der Waals surface area contributed by atoms with Crippen LogP contribution in [0.3, 0.4) is 0 Å². The van der Waals surface area contributed by atoms with Gasteiger partial charge in [-0.3, -0.25) is 9.59 Å². The summed E-state index contributed by atoms with van der Waals surface area (Å²) >= 11 is 0. The highest BCUT2D eigenvalue weighted by molar-refractivity contribution is 5.85. The number of benzene rings is 2. The highest BCUT2D eigenvalue weighted by atomic mass is 16.5. The number of hydrogen-bond acceptors (Lipinski definition) is 3. The third-order valence-electron chi connectivity index (χ3n) is 5.14. The van der Waals surface area contributed by atoms with Crippen LogP contribution in [0.4, 0.5) is 0 Å². The third-order valence-corrected chi connectivity index (χ3v) is 5.14. The van der Waals surface area contributed by atoms with Crippen LogP contribution in [0.5, 0.6) is 0 Å². The van der Waals surface area contributed by atoms with E-state index in [0.29, 0.717) is 32.3 Å². The number of Topliss-reactive ketones (excluding diaryl/α,β-unsaturated/α-hetero) is 1. The fourth-order valence-corrected chi connectivity index (χ4v) is 3.67. The van der Waals surface area contributed by atoms with Crippen LogP contribution >= 0.6 is 0 Å². The van der Waals surface area contributed by atoms with Crippen molar-refractivity contribution in [1.82, 2.24) is 0 Å². The molecule has 0 unspecified atom stereocenters. The molecule has 0 N–H and O–H groups in total. The quantitative estimate of drug-likeness (QED) is 0.434. The normalized spacial score (nSPS) is 12.8. The molecule has 0 heterocycles. The second kappa shape index (κ2) is 10.0. The van der Waals surface area contributed by atoms with Crippen LogP contribution in [0.25, 0.3) is 11.6 Å². The van der Waals surface area contributed by atoms with Gasteiger partial charge in [-0.05, 0) is 60.4 Å². The summed E-state index contributed by atoms with van der Waals surface area (Å²) in [6.45, 7) is 2.22. The molecule has 2 aromatic rings. The van der Waals surface area contributed by atoms with Gasteiger partial charge in [0.15, 0.2) is 0 Å². The van der Waals surface area contributed by atoms with Crippen LogP contribution in [0.2, 0.25) is 0 Å². The smallest absolute Gasteiger partial charge is 0.305 e. The van der Waals surface area contributed by atoms with Gasteiger partial charge in [-0.25, -0.2) is 0 Å².